The molecular formula is C125H152Cl5N11O4S3. The summed E-state index contributed by atoms with van der Waals surface area (Å²) in [6, 6.07) is 70.1. The minimum Gasteiger partial charge on any atom is -0.485 e. The summed E-state index contributed by atoms with van der Waals surface area (Å²) in [7, 11) is 0. The number of ketones is 2. The number of aryl methyl sites for hydroxylation is 2. The van der Waals surface area contributed by atoms with Crippen LogP contribution in [0.15, 0.2) is 241 Å². The number of aromatic nitrogens is 7. The number of nitrogens with two attached hydrogens (primary N) is 4. The molecule has 0 unspecified atom stereocenters. The molecule has 0 amide bonds. The normalized spacial score (nSPS) is 11.3. The maximum absolute atomic E-state index is 12.0. The molecule has 0 saturated heterocycles. The van der Waals surface area contributed by atoms with Gasteiger partial charge in [-0.1, -0.05) is 332 Å². The van der Waals surface area contributed by atoms with Crippen molar-refractivity contribution in [3.63, 3.8) is 0 Å². The van der Waals surface area contributed by atoms with Crippen LogP contribution in [-0.2, 0) is 62.6 Å². The van der Waals surface area contributed by atoms with Crippen LogP contribution in [0.1, 0.15) is 229 Å². The Morgan fingerprint density at radius 2 is 0.892 bits per heavy atom. The summed E-state index contributed by atoms with van der Waals surface area (Å²) in [6.07, 6.45) is 17.1. The third-order valence-corrected chi connectivity index (χ3v) is 27.6. The van der Waals surface area contributed by atoms with Crippen molar-refractivity contribution in [2.24, 2.45) is 64.6 Å². The Balaban J connectivity index is 0.000000183. The summed E-state index contributed by atoms with van der Waals surface area (Å²) in [5.41, 5.74) is 35.6. The summed E-state index contributed by atoms with van der Waals surface area (Å²) in [5, 5.41) is 23.7. The van der Waals surface area contributed by atoms with Crippen LogP contribution >= 0.6 is 92.0 Å². The highest BCUT2D eigenvalue weighted by Gasteiger charge is 2.24. The first-order valence-corrected chi connectivity index (χ1v) is 55.8. The SMILES string of the molecule is CC(C)C(=O)c1ccc(Cl)s1.CC(C)Cc1ccc2c(N)nc(Cl)cc2c1.CC(C)Cc1ccc2c(N)nccc2c1.CC(C)Cc1ccc2c(N)noc2c1.CC(C)Cc1ccc2ccc(Cl)cc2c1.CC(C)Cc1ccc2ccc(Cl)cc2n1.CC(C)Cc1ccc2cnc(Cl)cc2c1.CC(C)Cc1scc2cnccc12.Cc1cc2cc(CC(C)C)ccc2s1.Cc1nc(N)cc(OCC(=O)C(C)(C)C)c1CC(C)C. The first-order valence-electron chi connectivity index (χ1n) is 51.4. The quantitative estimate of drug-likeness (QED) is 0.0343. The lowest BCUT2D eigenvalue weighted by molar-refractivity contribution is -0.128. The number of carbonyl (C=O) groups excluding carboxylic acids is 2. The topological polar surface area (TPSA) is 251 Å². The van der Waals surface area contributed by atoms with Crippen molar-refractivity contribution in [2.75, 3.05) is 29.5 Å². The Morgan fingerprint density at radius 1 is 0.392 bits per heavy atom. The number of nitrogens with zero attached hydrogens (tertiary/aromatic N) is 7. The zero-order valence-electron chi connectivity index (χ0n) is 91.0. The largest absolute Gasteiger partial charge is 0.485 e. The number of halogens is 5. The number of hydrogen-bond acceptors (Lipinski definition) is 18. The molecule has 0 aliphatic heterocycles. The van der Waals surface area contributed by atoms with Crippen molar-refractivity contribution < 1.29 is 18.8 Å². The second kappa shape index (κ2) is 58.3. The smallest absolute Gasteiger partial charge is 0.175 e. The lowest BCUT2D eigenvalue weighted by Crippen LogP contribution is -2.26. The highest BCUT2D eigenvalue weighted by molar-refractivity contribution is 7.19. The van der Waals surface area contributed by atoms with Gasteiger partial charge >= 0.3 is 0 Å². The second-order valence-electron chi connectivity index (χ2n) is 43.1. The van der Waals surface area contributed by atoms with E-state index in [9.17, 15) is 9.59 Å². The molecule has 18 aromatic rings. The fraction of sp³-hybridized carbons (Fsp3) is 0.368. The lowest BCUT2D eigenvalue weighted by atomic mass is 9.91. The Kier molecular flexibility index (Phi) is 47.4. The standard InChI is InChI=1S/C16H26N2O2.C14H15Cl.C13H15ClN2.2C13H14ClN.C13H16N2.C13H16S.C11H14N2O.C11H13NS.C8H9ClOS/c1-10(2)7-12-11(3)18-15(17)8-13(12)20-9-14(19)16(4,5)6;1-10(2)7-11-3-4-12-5-6-14(15)9-13(12)8-11;1-8(2)5-9-3-4-11-10(6-9)7-12(14)16-13(11)15;1-9(2)7-12-6-4-10-3-5-11(14)8-13(10)15-12;1-9(2)5-10-3-4-11-8-15-13(14)7-12(11)6-10;1-9(2)7-10-3-4-12-11(8-10)5-6-15-13(12)14;1-9(2)6-11-4-5-13-12(8-11)7-10(3)14-13;1-7(2)5-8-3-4-9-10(6-8)14-13-11(9)12;1-8(2)5-11-10-3-4-12-6-9(10)7-13-11;1-5(2)8(10)6-3-4-7(9)11-6/h8,10H,7,9H2,1-6H3,(H2,17,18);3-6,8-10H,7H2,1-2H3;3-4,6-8H,5H2,1-2H3,(H2,15,16);3-6,8-9H,7H2,1-2H3;3-4,6-9H,5H2,1-2H3;3-6,8-9H,7H2,1-2H3,(H2,14,15);4-5,7-9H,6H2,1-3H3;3-4,6-7H,5H2,1-2H3,(H2,12,13);3-4,6-8H,5H2,1-2H3;3-5H,1-2H3. The number of nitrogen functional groups attached to an aromatic ring is 4. The van der Waals surface area contributed by atoms with Gasteiger partial charge in [0.05, 0.1) is 20.1 Å². The number of thiophene rings is 3. The van der Waals surface area contributed by atoms with Gasteiger partial charge in [-0.25, -0.2) is 19.9 Å². The predicted molar refractivity (Wildman–Crippen MR) is 643 cm³/mol. The first-order chi connectivity index (χ1) is 70.0. The number of carbonyl (C=O) groups is 2. The average Bonchev–Trinajstić information content (AvgIpc) is 1.78. The summed E-state index contributed by atoms with van der Waals surface area (Å²) in [5.74, 6) is 8.93. The molecule has 0 saturated carbocycles. The second-order valence-corrected chi connectivity index (χ2v) is 48.7. The molecule has 784 valence electrons. The molecule has 23 heteroatoms. The molecule has 15 nitrogen and oxygen atoms in total. The maximum Gasteiger partial charge on any atom is 0.175 e. The van der Waals surface area contributed by atoms with E-state index in [1.54, 1.807) is 24.4 Å². The van der Waals surface area contributed by atoms with Crippen LogP contribution in [0.3, 0.4) is 0 Å². The van der Waals surface area contributed by atoms with Crippen molar-refractivity contribution in [1.82, 2.24) is 35.1 Å². The highest BCUT2D eigenvalue weighted by atomic mass is 35.5. The molecule has 148 heavy (non-hydrogen) atoms. The number of fused-ring (bicyclic) bond motifs is 8. The van der Waals surface area contributed by atoms with Crippen molar-refractivity contribution >= 4 is 213 Å². The van der Waals surface area contributed by atoms with Crippen molar-refractivity contribution in [1.29, 1.82) is 0 Å². The van der Waals surface area contributed by atoms with Crippen LogP contribution in [0.25, 0.3) is 85.8 Å². The van der Waals surface area contributed by atoms with E-state index in [4.69, 9.17) is 90.2 Å². The monoisotopic (exact) mass is 2140 g/mol. The van der Waals surface area contributed by atoms with Gasteiger partial charge < -0.3 is 32.2 Å². The van der Waals surface area contributed by atoms with E-state index in [-0.39, 0.29) is 24.1 Å². The Bertz CT molecular complexity index is 7080. The summed E-state index contributed by atoms with van der Waals surface area (Å²) in [6.45, 7) is 53.5. The van der Waals surface area contributed by atoms with Crippen LogP contribution in [0, 0.1) is 78.4 Å². The first kappa shape index (κ1) is 120. The number of benzene rings is 8. The van der Waals surface area contributed by atoms with Gasteiger partial charge in [0, 0.05) is 116 Å². The molecule has 0 aliphatic rings. The molecule has 18 rings (SSSR count). The van der Waals surface area contributed by atoms with E-state index < -0.39 is 5.41 Å². The molecule has 10 heterocycles. The van der Waals surface area contributed by atoms with E-state index in [1.165, 1.54) is 110 Å². The molecule has 8 N–H and O–H groups in total. The van der Waals surface area contributed by atoms with Crippen LogP contribution in [-0.4, -0.2) is 53.2 Å². The van der Waals surface area contributed by atoms with Crippen LogP contribution in [0.4, 0.5) is 23.3 Å². The molecule has 0 bridgehead atoms. The molecule has 0 radical (unpaired) electrons. The maximum atomic E-state index is 12.0. The predicted octanol–water partition coefficient (Wildman–Crippen LogP) is 36.5. The summed E-state index contributed by atoms with van der Waals surface area (Å²) < 4.78 is 12.9. The van der Waals surface area contributed by atoms with Crippen molar-refractivity contribution in [3.05, 3.63) is 326 Å². The fourth-order valence-corrected chi connectivity index (χ4v) is 20.5. The molecule has 0 fully saturated rings. The molecule has 0 atom stereocenters. The van der Waals surface area contributed by atoms with E-state index in [2.05, 4.69) is 293 Å². The van der Waals surface area contributed by atoms with E-state index >= 15 is 0 Å². The number of pyridine rings is 6. The minimum atomic E-state index is -0.397. The van der Waals surface area contributed by atoms with Gasteiger partial charge in [-0.3, -0.25) is 19.6 Å². The molecule has 0 aliphatic carbocycles. The highest BCUT2D eigenvalue weighted by Crippen LogP contribution is 2.35. The molecule has 10 aromatic heterocycles. The zero-order chi connectivity index (χ0) is 109. The number of ether oxygens (including phenoxy) is 1. The Hall–Kier alpha value is -11.2. The number of anilines is 4. The number of rotatable bonds is 23. The van der Waals surface area contributed by atoms with E-state index in [0.29, 0.717) is 85.1 Å². The van der Waals surface area contributed by atoms with Gasteiger partial charge in [0.15, 0.2) is 23.0 Å². The number of Topliss-reactive ketones (excluding diaryl/α,β-unsaturated/α-hetero) is 2. The average molecular weight is 2150 g/mol. The zero-order valence-corrected chi connectivity index (χ0v) is 97.3. The van der Waals surface area contributed by atoms with E-state index in [1.807, 2.05) is 150 Å². The Morgan fingerprint density at radius 3 is 1.46 bits per heavy atom. The van der Waals surface area contributed by atoms with Crippen molar-refractivity contribution in [2.45, 2.75) is 231 Å². The van der Waals surface area contributed by atoms with Crippen LogP contribution in [0.2, 0.25) is 24.7 Å². The third-order valence-electron chi connectivity index (χ3n) is 23.4. The molecular weight excluding hydrogens is 1990 g/mol. The van der Waals surface area contributed by atoms with Gasteiger partial charge in [-0.2, -0.15) is 0 Å². The summed E-state index contributed by atoms with van der Waals surface area (Å²) in [4.78, 5) is 52.1. The van der Waals surface area contributed by atoms with Crippen molar-refractivity contribution in [3.8, 4) is 5.75 Å². The van der Waals surface area contributed by atoms with E-state index in [0.717, 1.165) is 132 Å². The van der Waals surface area contributed by atoms with Gasteiger partial charge in [-0.15, -0.1) is 34.0 Å². The van der Waals surface area contributed by atoms with Crippen LogP contribution < -0.4 is 27.7 Å². The lowest BCUT2D eigenvalue weighted by Gasteiger charge is -2.19. The van der Waals surface area contributed by atoms with Gasteiger partial charge in [-0.05, 0) is 287 Å². The Labute approximate surface area is 915 Å². The fourth-order valence-electron chi connectivity index (χ4n) is 16.5. The number of hydrogen-bond donors (Lipinski definition) is 4. The third kappa shape index (κ3) is 40.0. The van der Waals surface area contributed by atoms with Gasteiger partial charge in [0.25, 0.3) is 0 Å². The molecule has 0 spiro atoms. The minimum absolute atomic E-state index is 0.0599. The van der Waals surface area contributed by atoms with Gasteiger partial charge in [0.1, 0.15) is 40.1 Å². The molecule has 8 aromatic carbocycles. The summed E-state index contributed by atoms with van der Waals surface area (Å²) >= 11 is 34.4. The van der Waals surface area contributed by atoms with Crippen LogP contribution in [0.5, 0.6) is 5.75 Å². The van der Waals surface area contributed by atoms with Gasteiger partial charge in [0.2, 0.25) is 0 Å².